The molecule has 104 valence electrons. The molecule has 19 heavy (non-hydrogen) atoms. The van der Waals surface area contributed by atoms with Crippen molar-refractivity contribution in [3.8, 4) is 0 Å². The highest BCUT2D eigenvalue weighted by molar-refractivity contribution is 5.77. The van der Waals surface area contributed by atoms with Gasteiger partial charge in [-0.15, -0.1) is 0 Å². The molecule has 2 heterocycles. The lowest BCUT2D eigenvalue weighted by Gasteiger charge is -2.37. The highest BCUT2D eigenvalue weighted by atomic mass is 16.1. The lowest BCUT2D eigenvalue weighted by Crippen LogP contribution is -2.46. The molecule has 1 aliphatic rings. The van der Waals surface area contributed by atoms with Gasteiger partial charge in [0, 0.05) is 24.3 Å². The van der Waals surface area contributed by atoms with Gasteiger partial charge in [0.1, 0.15) is 5.82 Å². The summed E-state index contributed by atoms with van der Waals surface area (Å²) >= 11 is 0. The quantitative estimate of drug-likeness (QED) is 0.530. The minimum atomic E-state index is -0.250. The van der Waals surface area contributed by atoms with E-state index in [1.54, 1.807) is 0 Å². The van der Waals surface area contributed by atoms with Gasteiger partial charge < -0.3 is 10.6 Å². The molecule has 0 aliphatic carbocycles. The maximum Gasteiger partial charge on any atom is 0.239 e. The molecule has 0 saturated carbocycles. The van der Waals surface area contributed by atoms with Gasteiger partial charge in [-0.05, 0) is 26.7 Å². The Balaban J connectivity index is 2.27. The van der Waals surface area contributed by atoms with Crippen molar-refractivity contribution in [2.45, 2.75) is 32.7 Å². The third kappa shape index (κ3) is 2.93. The van der Waals surface area contributed by atoms with Crippen LogP contribution in [-0.4, -0.2) is 28.5 Å². The fourth-order valence-electron chi connectivity index (χ4n) is 2.42. The molecule has 2 unspecified atom stereocenters. The number of piperidine rings is 1. The molecule has 7 heteroatoms. The predicted octanol–water partition coefficient (Wildman–Crippen LogP) is 0.161. The first-order chi connectivity index (χ1) is 9.01. The number of hydrogen-bond donors (Lipinski definition) is 3. The zero-order valence-corrected chi connectivity index (χ0v) is 11.3. The molecular weight excluding hydrogens is 244 g/mol. The van der Waals surface area contributed by atoms with E-state index in [2.05, 4.69) is 27.2 Å². The largest absolute Gasteiger partial charge is 0.369 e. The Morgan fingerprint density at radius 2 is 2.21 bits per heavy atom. The molecule has 2 atom stereocenters. The van der Waals surface area contributed by atoms with Crippen molar-refractivity contribution in [1.82, 2.24) is 9.97 Å². The molecule has 0 aromatic carbocycles. The lowest BCUT2D eigenvalue weighted by molar-refractivity contribution is -0.122. The number of hydrazine groups is 1. The Labute approximate surface area is 112 Å². The molecule has 5 N–H and O–H groups in total. The number of aryl methyl sites for hydroxylation is 1. The Kier molecular flexibility index (Phi) is 3.84. The number of aromatic nitrogens is 2. The van der Waals surface area contributed by atoms with E-state index in [-0.39, 0.29) is 11.8 Å². The van der Waals surface area contributed by atoms with E-state index in [4.69, 9.17) is 11.6 Å². The first-order valence-corrected chi connectivity index (χ1v) is 6.39. The van der Waals surface area contributed by atoms with Crippen LogP contribution >= 0.6 is 0 Å². The zero-order valence-electron chi connectivity index (χ0n) is 11.3. The summed E-state index contributed by atoms with van der Waals surface area (Å²) in [6.07, 6.45) is 1.75. The van der Waals surface area contributed by atoms with Crippen molar-refractivity contribution in [3.05, 3.63) is 11.8 Å². The summed E-state index contributed by atoms with van der Waals surface area (Å²) in [5, 5.41) is 0. The lowest BCUT2D eigenvalue weighted by atomic mass is 9.93. The van der Waals surface area contributed by atoms with E-state index in [1.807, 2.05) is 13.0 Å². The fourth-order valence-corrected chi connectivity index (χ4v) is 2.42. The average molecular weight is 264 g/mol. The molecule has 1 saturated heterocycles. The summed E-state index contributed by atoms with van der Waals surface area (Å²) in [7, 11) is 0. The second-order valence-corrected chi connectivity index (χ2v) is 5.01. The summed E-state index contributed by atoms with van der Waals surface area (Å²) in [5.41, 5.74) is 8.69. The fraction of sp³-hybridized carbons (Fsp3) is 0.583. The summed E-state index contributed by atoms with van der Waals surface area (Å²) < 4.78 is 0. The number of nitrogen functional groups attached to an aromatic ring is 1. The topological polar surface area (TPSA) is 110 Å². The van der Waals surface area contributed by atoms with Gasteiger partial charge in [0.15, 0.2) is 0 Å². The SMILES string of the molecule is Cc1cc(N2CC(C(N)=O)CCC2C)nc(NN)n1. The van der Waals surface area contributed by atoms with Crippen molar-refractivity contribution in [3.63, 3.8) is 0 Å². The number of anilines is 2. The Morgan fingerprint density at radius 3 is 2.84 bits per heavy atom. The molecule has 1 aliphatic heterocycles. The summed E-state index contributed by atoms with van der Waals surface area (Å²) in [6, 6.07) is 2.20. The van der Waals surface area contributed by atoms with Crippen molar-refractivity contribution >= 4 is 17.7 Å². The number of hydrogen-bond acceptors (Lipinski definition) is 6. The average Bonchev–Trinajstić information content (AvgIpc) is 2.38. The van der Waals surface area contributed by atoms with E-state index in [0.29, 0.717) is 18.5 Å². The van der Waals surface area contributed by atoms with E-state index in [9.17, 15) is 4.79 Å². The Hall–Kier alpha value is -1.89. The Morgan fingerprint density at radius 1 is 1.47 bits per heavy atom. The van der Waals surface area contributed by atoms with E-state index in [0.717, 1.165) is 24.4 Å². The van der Waals surface area contributed by atoms with Gasteiger partial charge in [-0.2, -0.15) is 4.98 Å². The zero-order chi connectivity index (χ0) is 14.0. The maximum absolute atomic E-state index is 11.4. The van der Waals surface area contributed by atoms with Gasteiger partial charge >= 0.3 is 0 Å². The van der Waals surface area contributed by atoms with Gasteiger partial charge in [0.2, 0.25) is 11.9 Å². The van der Waals surface area contributed by atoms with Crippen LogP contribution in [0, 0.1) is 12.8 Å². The highest BCUT2D eigenvalue weighted by Crippen LogP contribution is 2.27. The van der Waals surface area contributed by atoms with Crippen LogP contribution in [0.25, 0.3) is 0 Å². The summed E-state index contributed by atoms with van der Waals surface area (Å²) in [4.78, 5) is 22.0. The number of carbonyl (C=O) groups is 1. The van der Waals surface area contributed by atoms with Crippen molar-refractivity contribution in [2.24, 2.45) is 17.5 Å². The maximum atomic E-state index is 11.4. The second-order valence-electron chi connectivity index (χ2n) is 5.01. The number of nitrogens with zero attached hydrogens (tertiary/aromatic N) is 3. The van der Waals surface area contributed by atoms with Crippen LogP contribution in [0.3, 0.4) is 0 Å². The van der Waals surface area contributed by atoms with Crippen LogP contribution in [0.5, 0.6) is 0 Å². The van der Waals surface area contributed by atoms with Gasteiger partial charge in [-0.25, -0.2) is 10.8 Å². The number of rotatable bonds is 3. The van der Waals surface area contributed by atoms with Gasteiger partial charge in [-0.3, -0.25) is 10.2 Å². The van der Waals surface area contributed by atoms with Crippen molar-refractivity contribution in [1.29, 1.82) is 0 Å². The van der Waals surface area contributed by atoms with Crippen LogP contribution in [0.15, 0.2) is 6.07 Å². The number of nitrogens with one attached hydrogen (secondary N) is 1. The smallest absolute Gasteiger partial charge is 0.239 e. The first-order valence-electron chi connectivity index (χ1n) is 6.39. The van der Waals surface area contributed by atoms with E-state index < -0.39 is 0 Å². The second kappa shape index (κ2) is 5.40. The van der Waals surface area contributed by atoms with Crippen LogP contribution in [0.1, 0.15) is 25.5 Å². The predicted molar refractivity (Wildman–Crippen MR) is 73.3 cm³/mol. The third-order valence-electron chi connectivity index (χ3n) is 3.55. The third-order valence-corrected chi connectivity index (χ3v) is 3.55. The highest BCUT2D eigenvalue weighted by Gasteiger charge is 2.29. The van der Waals surface area contributed by atoms with Gasteiger partial charge in [0.25, 0.3) is 0 Å². The van der Waals surface area contributed by atoms with Crippen LogP contribution in [0.2, 0.25) is 0 Å². The molecule has 0 spiro atoms. The van der Waals surface area contributed by atoms with Crippen LogP contribution in [0.4, 0.5) is 11.8 Å². The normalized spacial score (nSPS) is 23.2. The first kappa shape index (κ1) is 13.5. The minimum absolute atomic E-state index is 0.124. The summed E-state index contributed by atoms with van der Waals surface area (Å²) in [5.74, 6) is 6.14. The standard InChI is InChI=1S/C12H20N6O/c1-7-5-10(16-12(15-7)17-14)18-6-9(11(13)19)4-3-8(18)2/h5,8-9H,3-4,6,14H2,1-2H3,(H2,13,19)(H,15,16,17). The van der Waals surface area contributed by atoms with Crippen LogP contribution < -0.4 is 21.9 Å². The van der Waals surface area contributed by atoms with Gasteiger partial charge in [-0.1, -0.05) is 0 Å². The molecule has 7 nitrogen and oxygen atoms in total. The number of nitrogens with two attached hydrogens (primary N) is 2. The number of primary amides is 1. The Bertz CT molecular complexity index is 477. The van der Waals surface area contributed by atoms with E-state index >= 15 is 0 Å². The number of amides is 1. The molecule has 0 radical (unpaired) electrons. The molecule has 1 amide bonds. The van der Waals surface area contributed by atoms with Gasteiger partial charge in [0.05, 0.1) is 5.92 Å². The molecular formula is C12H20N6O. The molecule has 2 rings (SSSR count). The molecule has 1 fully saturated rings. The van der Waals surface area contributed by atoms with Crippen molar-refractivity contribution < 1.29 is 4.79 Å². The van der Waals surface area contributed by atoms with Crippen molar-refractivity contribution in [2.75, 3.05) is 16.9 Å². The monoisotopic (exact) mass is 264 g/mol. The summed E-state index contributed by atoms with van der Waals surface area (Å²) in [6.45, 7) is 4.59. The molecule has 0 bridgehead atoms. The number of carbonyl (C=O) groups excluding carboxylic acids is 1. The molecule has 1 aromatic heterocycles. The van der Waals surface area contributed by atoms with Crippen LogP contribution in [-0.2, 0) is 4.79 Å². The molecule has 1 aromatic rings. The minimum Gasteiger partial charge on any atom is -0.369 e. The van der Waals surface area contributed by atoms with E-state index in [1.165, 1.54) is 0 Å².